The molecule has 0 spiro atoms. The van der Waals surface area contributed by atoms with Gasteiger partial charge in [-0.25, -0.2) is 14.2 Å². The van der Waals surface area contributed by atoms with E-state index in [1.54, 1.807) is 23.2 Å². The van der Waals surface area contributed by atoms with Crippen LogP contribution in [0.1, 0.15) is 33.6 Å². The molecule has 0 saturated carbocycles. The Morgan fingerprint density at radius 1 is 1.27 bits per heavy atom. The van der Waals surface area contributed by atoms with Crippen LogP contribution in [0.15, 0.2) is 34.9 Å². The van der Waals surface area contributed by atoms with Crippen molar-refractivity contribution in [3.05, 3.63) is 36.3 Å². The van der Waals surface area contributed by atoms with Gasteiger partial charge in [-0.15, -0.1) is 0 Å². The lowest BCUT2D eigenvalue weighted by Crippen LogP contribution is -2.44. The third-order valence-electron chi connectivity index (χ3n) is 4.11. The molecule has 7 heteroatoms. The van der Waals surface area contributed by atoms with E-state index in [4.69, 9.17) is 9.15 Å². The Morgan fingerprint density at radius 2 is 1.92 bits per heavy atom. The second kappa shape index (κ2) is 7.35. The van der Waals surface area contributed by atoms with Gasteiger partial charge in [0.1, 0.15) is 11.4 Å². The number of carbonyl (C=O) groups is 1. The molecular formula is C19H24FN3O3. The van der Waals surface area contributed by atoms with E-state index in [0.717, 1.165) is 18.4 Å². The molecule has 0 aliphatic carbocycles. The van der Waals surface area contributed by atoms with Gasteiger partial charge in [0.05, 0.1) is 6.20 Å². The third-order valence-corrected chi connectivity index (χ3v) is 4.11. The van der Waals surface area contributed by atoms with E-state index < -0.39 is 5.60 Å². The van der Waals surface area contributed by atoms with E-state index in [9.17, 15) is 9.18 Å². The first-order valence-corrected chi connectivity index (χ1v) is 8.76. The Bertz CT molecular complexity index is 744. The van der Waals surface area contributed by atoms with Gasteiger partial charge >= 0.3 is 6.09 Å². The molecule has 3 rings (SSSR count). The monoisotopic (exact) mass is 361 g/mol. The van der Waals surface area contributed by atoms with Crippen LogP contribution in [0.4, 0.5) is 15.2 Å². The van der Waals surface area contributed by atoms with Crippen molar-refractivity contribution in [2.75, 3.05) is 18.4 Å². The van der Waals surface area contributed by atoms with Crippen LogP contribution in [0.5, 0.6) is 0 Å². The number of nitrogens with one attached hydrogen (secondary N) is 1. The molecule has 26 heavy (non-hydrogen) atoms. The average molecular weight is 361 g/mol. The number of hydrogen-bond acceptors (Lipinski definition) is 5. The SMILES string of the molecule is CC(C)(C)OC(=O)N1CCC(Nc2ncc(-c3ccc(F)cc3)o2)CC1. The van der Waals surface area contributed by atoms with E-state index in [-0.39, 0.29) is 18.0 Å². The molecule has 2 heterocycles. The standard InChI is InChI=1S/C19H24FN3O3/c1-19(2,3)26-18(24)23-10-8-15(9-11-23)22-17-21-12-16(25-17)13-4-6-14(20)7-5-13/h4-7,12,15H,8-11H2,1-3H3,(H,21,22). The van der Waals surface area contributed by atoms with Crippen LogP contribution in [-0.2, 0) is 4.74 Å². The zero-order valence-electron chi connectivity index (χ0n) is 15.3. The van der Waals surface area contributed by atoms with Crippen molar-refractivity contribution in [2.24, 2.45) is 0 Å². The van der Waals surface area contributed by atoms with E-state index in [2.05, 4.69) is 10.3 Å². The minimum Gasteiger partial charge on any atom is -0.444 e. The quantitative estimate of drug-likeness (QED) is 0.883. The Balaban J connectivity index is 1.52. The highest BCUT2D eigenvalue weighted by Gasteiger charge is 2.27. The maximum Gasteiger partial charge on any atom is 0.410 e. The lowest BCUT2D eigenvalue weighted by molar-refractivity contribution is 0.0210. The van der Waals surface area contributed by atoms with Gasteiger partial charge in [-0.1, -0.05) is 0 Å². The predicted molar refractivity (Wildman–Crippen MR) is 96.3 cm³/mol. The van der Waals surface area contributed by atoms with Gasteiger partial charge in [-0.05, 0) is 57.9 Å². The Labute approximate surface area is 152 Å². The summed E-state index contributed by atoms with van der Waals surface area (Å²) in [4.78, 5) is 18.0. The predicted octanol–water partition coefficient (Wildman–Crippen LogP) is 4.29. The molecule has 1 aromatic heterocycles. The van der Waals surface area contributed by atoms with Gasteiger partial charge in [0, 0.05) is 24.7 Å². The first-order chi connectivity index (χ1) is 12.3. The number of hydrogen-bond donors (Lipinski definition) is 1. The fourth-order valence-electron chi connectivity index (χ4n) is 2.80. The molecule has 1 N–H and O–H groups in total. The largest absolute Gasteiger partial charge is 0.444 e. The van der Waals surface area contributed by atoms with Crippen molar-refractivity contribution in [1.29, 1.82) is 0 Å². The van der Waals surface area contributed by atoms with Crippen LogP contribution in [0, 0.1) is 5.82 Å². The maximum absolute atomic E-state index is 13.0. The first-order valence-electron chi connectivity index (χ1n) is 8.76. The summed E-state index contributed by atoms with van der Waals surface area (Å²) in [7, 11) is 0. The molecule has 0 atom stereocenters. The van der Waals surface area contributed by atoms with E-state index >= 15 is 0 Å². The van der Waals surface area contributed by atoms with Gasteiger partial charge in [-0.3, -0.25) is 0 Å². The van der Waals surface area contributed by atoms with Gasteiger partial charge in [0.25, 0.3) is 6.01 Å². The number of aromatic nitrogens is 1. The molecule has 0 bridgehead atoms. The molecular weight excluding hydrogens is 337 g/mol. The molecule has 2 aromatic rings. The van der Waals surface area contributed by atoms with Crippen molar-refractivity contribution in [2.45, 2.75) is 45.3 Å². The van der Waals surface area contributed by atoms with Gasteiger partial charge in [0.15, 0.2) is 5.76 Å². The second-order valence-corrected chi connectivity index (χ2v) is 7.42. The summed E-state index contributed by atoms with van der Waals surface area (Å²) in [6.45, 7) is 6.83. The van der Waals surface area contributed by atoms with Crippen LogP contribution < -0.4 is 5.32 Å². The Kier molecular flexibility index (Phi) is 5.15. The van der Waals surface area contributed by atoms with Crippen molar-refractivity contribution in [3.8, 4) is 11.3 Å². The number of carbonyl (C=O) groups excluding carboxylic acids is 1. The summed E-state index contributed by atoms with van der Waals surface area (Å²) in [6, 6.07) is 6.68. The van der Waals surface area contributed by atoms with Crippen LogP contribution >= 0.6 is 0 Å². The number of amides is 1. The fourth-order valence-corrected chi connectivity index (χ4v) is 2.80. The molecule has 1 amide bonds. The molecule has 1 fully saturated rings. The normalized spacial score (nSPS) is 15.8. The number of rotatable bonds is 3. The third kappa shape index (κ3) is 4.74. The number of halogens is 1. The molecule has 1 aliphatic rings. The zero-order chi connectivity index (χ0) is 18.7. The number of anilines is 1. The molecule has 140 valence electrons. The van der Waals surface area contributed by atoms with Crippen LogP contribution in [0.3, 0.4) is 0 Å². The average Bonchev–Trinajstić information content (AvgIpc) is 3.03. The summed E-state index contributed by atoms with van der Waals surface area (Å²) < 4.78 is 24.1. The maximum atomic E-state index is 13.0. The number of likely N-dealkylation sites (tertiary alicyclic amines) is 1. The fraction of sp³-hybridized carbons (Fsp3) is 0.474. The van der Waals surface area contributed by atoms with Gasteiger partial charge in [0.2, 0.25) is 0 Å². The highest BCUT2D eigenvalue weighted by molar-refractivity contribution is 5.68. The number of benzene rings is 1. The van der Waals surface area contributed by atoms with Gasteiger partial charge in [-0.2, -0.15) is 0 Å². The zero-order valence-corrected chi connectivity index (χ0v) is 15.3. The van der Waals surface area contributed by atoms with E-state index in [1.165, 1.54) is 12.1 Å². The summed E-state index contributed by atoms with van der Waals surface area (Å²) in [6.07, 6.45) is 2.91. The number of oxazole rings is 1. The molecule has 1 saturated heterocycles. The summed E-state index contributed by atoms with van der Waals surface area (Å²) in [5, 5.41) is 3.26. The minimum absolute atomic E-state index is 0.174. The topological polar surface area (TPSA) is 67.6 Å². The minimum atomic E-state index is -0.485. The van der Waals surface area contributed by atoms with Crippen molar-refractivity contribution in [3.63, 3.8) is 0 Å². The number of nitrogens with zero attached hydrogens (tertiary/aromatic N) is 2. The highest BCUT2D eigenvalue weighted by atomic mass is 19.1. The lowest BCUT2D eigenvalue weighted by Gasteiger charge is -2.33. The molecule has 0 unspecified atom stereocenters. The molecule has 1 aliphatic heterocycles. The smallest absolute Gasteiger partial charge is 0.410 e. The van der Waals surface area contributed by atoms with E-state index in [1.807, 2.05) is 20.8 Å². The molecule has 0 radical (unpaired) electrons. The Morgan fingerprint density at radius 3 is 2.54 bits per heavy atom. The first kappa shape index (κ1) is 18.2. The molecule has 1 aromatic carbocycles. The van der Waals surface area contributed by atoms with Crippen molar-refractivity contribution >= 4 is 12.1 Å². The number of piperidine rings is 1. The van der Waals surface area contributed by atoms with Crippen LogP contribution in [0.2, 0.25) is 0 Å². The van der Waals surface area contributed by atoms with Gasteiger partial charge < -0.3 is 19.4 Å². The van der Waals surface area contributed by atoms with Crippen molar-refractivity contribution < 1.29 is 18.3 Å². The Hall–Kier alpha value is -2.57. The molecule has 6 nitrogen and oxygen atoms in total. The van der Waals surface area contributed by atoms with Crippen LogP contribution in [0.25, 0.3) is 11.3 Å². The highest BCUT2D eigenvalue weighted by Crippen LogP contribution is 2.24. The second-order valence-electron chi connectivity index (χ2n) is 7.42. The summed E-state index contributed by atoms with van der Waals surface area (Å²) >= 11 is 0. The number of ether oxygens (including phenoxy) is 1. The lowest BCUT2D eigenvalue weighted by atomic mass is 10.1. The summed E-state index contributed by atoms with van der Waals surface area (Å²) in [5.74, 6) is 0.294. The van der Waals surface area contributed by atoms with E-state index in [0.29, 0.717) is 24.9 Å². The van der Waals surface area contributed by atoms with Crippen LogP contribution in [-0.4, -0.2) is 40.7 Å². The van der Waals surface area contributed by atoms with Crippen molar-refractivity contribution in [1.82, 2.24) is 9.88 Å². The summed E-state index contributed by atoms with van der Waals surface area (Å²) in [5.41, 5.74) is 0.285.